The van der Waals surface area contributed by atoms with Crippen LogP contribution in [0.4, 0.5) is 0 Å². The molecular formula is C17H18Cl2O2. The fourth-order valence-corrected chi connectivity index (χ4v) is 2.68. The molecule has 1 atom stereocenters. The van der Waals surface area contributed by atoms with Gasteiger partial charge in [-0.15, -0.1) is 0 Å². The smallest absolute Gasteiger partial charge is 0.125 e. The molecule has 0 aromatic heterocycles. The molecule has 0 aliphatic rings. The van der Waals surface area contributed by atoms with Crippen LogP contribution in [-0.2, 0) is 6.42 Å². The summed E-state index contributed by atoms with van der Waals surface area (Å²) in [5.74, 6) is 0.704. The van der Waals surface area contributed by atoms with Crippen LogP contribution in [0.5, 0.6) is 5.75 Å². The number of benzene rings is 2. The zero-order valence-corrected chi connectivity index (χ0v) is 13.4. The molecule has 0 heterocycles. The zero-order valence-electron chi connectivity index (χ0n) is 11.9. The molecule has 0 bridgehead atoms. The quantitative estimate of drug-likeness (QED) is 0.804. The van der Waals surface area contributed by atoms with Crippen LogP contribution in [0.25, 0.3) is 0 Å². The van der Waals surface area contributed by atoms with E-state index in [1.54, 1.807) is 18.2 Å². The van der Waals surface area contributed by atoms with E-state index in [2.05, 4.69) is 0 Å². The predicted molar refractivity (Wildman–Crippen MR) is 87.4 cm³/mol. The van der Waals surface area contributed by atoms with E-state index in [9.17, 15) is 5.11 Å². The van der Waals surface area contributed by atoms with Crippen molar-refractivity contribution in [3.63, 3.8) is 0 Å². The molecule has 0 radical (unpaired) electrons. The summed E-state index contributed by atoms with van der Waals surface area (Å²) in [6, 6.07) is 12.8. The molecule has 112 valence electrons. The van der Waals surface area contributed by atoms with Crippen LogP contribution in [-0.4, -0.2) is 11.7 Å². The largest absolute Gasteiger partial charge is 0.493 e. The van der Waals surface area contributed by atoms with Gasteiger partial charge in [-0.3, -0.25) is 0 Å². The Labute approximate surface area is 135 Å². The van der Waals surface area contributed by atoms with Gasteiger partial charge in [-0.1, -0.05) is 54.4 Å². The lowest BCUT2D eigenvalue weighted by atomic mass is 10.0. The van der Waals surface area contributed by atoms with E-state index in [0.717, 1.165) is 17.5 Å². The van der Waals surface area contributed by atoms with E-state index in [1.807, 2.05) is 31.2 Å². The number of aliphatic hydroxyl groups excluding tert-OH is 1. The van der Waals surface area contributed by atoms with Gasteiger partial charge in [-0.05, 0) is 30.2 Å². The first kappa shape index (κ1) is 16.2. The lowest BCUT2D eigenvalue weighted by Gasteiger charge is -2.17. The highest BCUT2D eigenvalue weighted by molar-refractivity contribution is 6.36. The Balaban J connectivity index is 2.22. The van der Waals surface area contributed by atoms with Crippen LogP contribution >= 0.6 is 23.2 Å². The fourth-order valence-electron chi connectivity index (χ4n) is 2.13. The van der Waals surface area contributed by atoms with Crippen molar-refractivity contribution in [2.75, 3.05) is 6.61 Å². The minimum absolute atomic E-state index is 0.352. The summed E-state index contributed by atoms with van der Waals surface area (Å²) in [6.07, 6.45) is 0.557. The van der Waals surface area contributed by atoms with E-state index in [0.29, 0.717) is 28.8 Å². The molecule has 0 fully saturated rings. The molecule has 2 aromatic carbocycles. The Hall–Kier alpha value is -1.22. The normalized spacial score (nSPS) is 12.2. The van der Waals surface area contributed by atoms with Gasteiger partial charge in [0.25, 0.3) is 0 Å². The molecule has 1 N–H and O–H groups in total. The minimum Gasteiger partial charge on any atom is -0.493 e. The molecule has 4 heteroatoms. The zero-order chi connectivity index (χ0) is 15.2. The highest BCUT2D eigenvalue weighted by Crippen LogP contribution is 2.32. The van der Waals surface area contributed by atoms with Gasteiger partial charge in [-0.25, -0.2) is 0 Å². The molecule has 0 saturated heterocycles. The average Bonchev–Trinajstić information content (AvgIpc) is 2.49. The second-order valence-corrected chi connectivity index (χ2v) is 5.62. The monoisotopic (exact) mass is 324 g/mol. The Bertz CT molecular complexity index is 579. The van der Waals surface area contributed by atoms with Crippen LogP contribution < -0.4 is 4.74 Å². The van der Waals surface area contributed by atoms with Crippen LogP contribution in [0.15, 0.2) is 42.5 Å². The Morgan fingerprint density at radius 3 is 2.38 bits per heavy atom. The summed E-state index contributed by atoms with van der Waals surface area (Å²) in [5, 5.41) is 11.6. The summed E-state index contributed by atoms with van der Waals surface area (Å²) in [4.78, 5) is 0. The van der Waals surface area contributed by atoms with Gasteiger partial charge in [0.15, 0.2) is 0 Å². The number of aliphatic hydroxyl groups is 1. The van der Waals surface area contributed by atoms with Gasteiger partial charge in [-0.2, -0.15) is 0 Å². The van der Waals surface area contributed by atoms with Crippen molar-refractivity contribution in [2.24, 2.45) is 0 Å². The summed E-state index contributed by atoms with van der Waals surface area (Å²) in [5.41, 5.74) is 1.50. The first-order valence-corrected chi connectivity index (χ1v) is 7.71. The van der Waals surface area contributed by atoms with Crippen molar-refractivity contribution in [3.05, 3.63) is 63.6 Å². The highest BCUT2D eigenvalue weighted by Gasteiger charge is 2.17. The Morgan fingerprint density at radius 1 is 1.05 bits per heavy atom. The lowest BCUT2D eigenvalue weighted by Crippen LogP contribution is -2.06. The van der Waals surface area contributed by atoms with Crippen molar-refractivity contribution in [1.29, 1.82) is 0 Å². The van der Waals surface area contributed by atoms with Crippen molar-refractivity contribution < 1.29 is 9.84 Å². The molecule has 2 nitrogen and oxygen atoms in total. The molecule has 0 aliphatic heterocycles. The van der Waals surface area contributed by atoms with Gasteiger partial charge in [0, 0.05) is 22.0 Å². The second kappa shape index (κ2) is 7.69. The maximum Gasteiger partial charge on any atom is 0.125 e. The van der Waals surface area contributed by atoms with E-state index >= 15 is 0 Å². The third-order valence-corrected chi connectivity index (χ3v) is 3.91. The highest BCUT2D eigenvalue weighted by atomic mass is 35.5. The van der Waals surface area contributed by atoms with Crippen molar-refractivity contribution >= 4 is 23.2 Å². The minimum atomic E-state index is -0.713. The fraction of sp³-hybridized carbons (Fsp3) is 0.294. The van der Waals surface area contributed by atoms with Crippen LogP contribution in [0.3, 0.4) is 0 Å². The molecule has 0 amide bonds. The topological polar surface area (TPSA) is 29.5 Å². The van der Waals surface area contributed by atoms with E-state index in [-0.39, 0.29) is 0 Å². The maximum atomic E-state index is 10.5. The van der Waals surface area contributed by atoms with Gasteiger partial charge in [0.05, 0.1) is 12.7 Å². The summed E-state index contributed by atoms with van der Waals surface area (Å²) in [7, 11) is 0. The van der Waals surface area contributed by atoms with E-state index in [1.165, 1.54) is 0 Å². The molecular weight excluding hydrogens is 307 g/mol. The Kier molecular flexibility index (Phi) is 5.92. The number of para-hydroxylation sites is 1. The van der Waals surface area contributed by atoms with Crippen molar-refractivity contribution in [2.45, 2.75) is 25.9 Å². The van der Waals surface area contributed by atoms with Gasteiger partial charge < -0.3 is 9.84 Å². The third-order valence-electron chi connectivity index (χ3n) is 3.20. The third kappa shape index (κ3) is 4.13. The van der Waals surface area contributed by atoms with Gasteiger partial charge >= 0.3 is 0 Å². The summed E-state index contributed by atoms with van der Waals surface area (Å²) < 4.78 is 5.68. The van der Waals surface area contributed by atoms with Crippen molar-refractivity contribution in [1.82, 2.24) is 0 Å². The summed E-state index contributed by atoms with van der Waals surface area (Å²) in [6.45, 7) is 2.67. The second-order valence-electron chi connectivity index (χ2n) is 4.81. The molecule has 0 spiro atoms. The van der Waals surface area contributed by atoms with E-state index < -0.39 is 6.10 Å². The molecule has 0 saturated carbocycles. The van der Waals surface area contributed by atoms with E-state index in [4.69, 9.17) is 27.9 Å². The molecule has 2 rings (SSSR count). The summed E-state index contributed by atoms with van der Waals surface area (Å²) >= 11 is 12.3. The Morgan fingerprint density at radius 2 is 1.71 bits per heavy atom. The molecule has 21 heavy (non-hydrogen) atoms. The van der Waals surface area contributed by atoms with Crippen LogP contribution in [0, 0.1) is 0 Å². The number of halogens is 2. The van der Waals surface area contributed by atoms with Crippen molar-refractivity contribution in [3.8, 4) is 5.75 Å². The standard InChI is InChI=1S/C17H18Cl2O2/c1-2-10-21-17-9-4-3-6-12(17)16(20)11-13-14(18)7-5-8-15(13)19/h3-9,16,20H,2,10-11H2,1H3. The SMILES string of the molecule is CCCOc1ccccc1C(O)Cc1c(Cl)cccc1Cl. The lowest BCUT2D eigenvalue weighted by molar-refractivity contribution is 0.171. The predicted octanol–water partition coefficient (Wildman–Crippen LogP) is 5.06. The molecule has 2 aromatic rings. The first-order chi connectivity index (χ1) is 10.1. The number of ether oxygens (including phenoxy) is 1. The van der Waals surface area contributed by atoms with Gasteiger partial charge in [0.1, 0.15) is 5.75 Å². The molecule has 1 unspecified atom stereocenters. The maximum absolute atomic E-state index is 10.5. The molecule has 0 aliphatic carbocycles. The number of rotatable bonds is 6. The van der Waals surface area contributed by atoms with Gasteiger partial charge in [0.2, 0.25) is 0 Å². The average molecular weight is 325 g/mol. The number of hydrogen-bond donors (Lipinski definition) is 1. The van der Waals surface area contributed by atoms with Crippen LogP contribution in [0.1, 0.15) is 30.6 Å². The first-order valence-electron chi connectivity index (χ1n) is 6.96. The van der Waals surface area contributed by atoms with Crippen LogP contribution in [0.2, 0.25) is 10.0 Å². The number of hydrogen-bond acceptors (Lipinski definition) is 2.